The lowest BCUT2D eigenvalue weighted by Crippen LogP contribution is -2.42. The number of nitrogens with zero attached hydrogens (tertiary/aromatic N) is 2. The Morgan fingerprint density at radius 1 is 1.12 bits per heavy atom. The maximum Gasteiger partial charge on any atom is 0.274 e. The molecule has 2 N–H and O–H groups in total. The maximum absolute atomic E-state index is 13.8. The van der Waals surface area contributed by atoms with Crippen molar-refractivity contribution >= 4 is 33.2 Å². The van der Waals surface area contributed by atoms with Crippen molar-refractivity contribution in [3.8, 4) is 0 Å². The van der Waals surface area contributed by atoms with Gasteiger partial charge in [0, 0.05) is 25.2 Å². The Morgan fingerprint density at radius 3 is 2.53 bits per heavy atom. The highest BCUT2D eigenvalue weighted by molar-refractivity contribution is 7.89. The summed E-state index contributed by atoms with van der Waals surface area (Å²) in [5, 5.41) is 5.32. The second-order valence-corrected chi connectivity index (χ2v) is 9.78. The topological polar surface area (TPSA) is 108 Å². The highest BCUT2D eigenvalue weighted by atomic mass is 32.2. The van der Waals surface area contributed by atoms with E-state index in [9.17, 15) is 22.4 Å². The van der Waals surface area contributed by atoms with Gasteiger partial charge < -0.3 is 10.6 Å². The minimum atomic E-state index is -3.31. The zero-order chi connectivity index (χ0) is 23.1. The molecule has 1 aromatic heterocycles. The zero-order valence-corrected chi connectivity index (χ0v) is 18.7. The van der Waals surface area contributed by atoms with Crippen LogP contribution in [0.1, 0.15) is 43.1 Å². The second-order valence-electron chi connectivity index (χ2n) is 7.69. The predicted octanol–water partition coefficient (Wildman–Crippen LogP) is 3.25. The van der Waals surface area contributed by atoms with Gasteiger partial charge in [0.15, 0.2) is 0 Å². The van der Waals surface area contributed by atoms with Crippen molar-refractivity contribution in [1.29, 1.82) is 0 Å². The van der Waals surface area contributed by atoms with Gasteiger partial charge in [0.2, 0.25) is 15.9 Å². The number of hydrogen-bond acceptors (Lipinski definition) is 5. The van der Waals surface area contributed by atoms with E-state index in [1.54, 1.807) is 18.2 Å². The number of aromatic nitrogens is 1. The monoisotopic (exact) mass is 462 g/mol. The number of halogens is 1. The van der Waals surface area contributed by atoms with Gasteiger partial charge in [-0.3, -0.25) is 14.6 Å². The lowest BCUT2D eigenvalue weighted by atomic mass is 9.97. The minimum Gasteiger partial charge on any atom is -0.324 e. The Morgan fingerprint density at radius 2 is 1.88 bits per heavy atom. The first-order valence-corrected chi connectivity index (χ1v) is 12.2. The average molecular weight is 463 g/mol. The quantitative estimate of drug-likeness (QED) is 0.626. The molecule has 3 rings (SSSR count). The molecule has 1 aromatic carbocycles. The first-order valence-electron chi connectivity index (χ1n) is 10.6. The summed E-state index contributed by atoms with van der Waals surface area (Å²) in [6.45, 7) is 2.48. The predicted molar refractivity (Wildman–Crippen MR) is 120 cm³/mol. The lowest BCUT2D eigenvalue weighted by molar-refractivity contribution is -0.120. The van der Waals surface area contributed by atoms with Gasteiger partial charge in [-0.1, -0.05) is 19.4 Å². The molecule has 0 atom stereocenters. The number of benzene rings is 1. The summed E-state index contributed by atoms with van der Waals surface area (Å²) < 4.78 is 40.0. The number of piperidine rings is 1. The summed E-state index contributed by atoms with van der Waals surface area (Å²) in [4.78, 5) is 29.2. The average Bonchev–Trinajstić information content (AvgIpc) is 2.80. The molecule has 1 aliphatic heterocycles. The van der Waals surface area contributed by atoms with Crippen molar-refractivity contribution in [2.75, 3.05) is 29.5 Å². The largest absolute Gasteiger partial charge is 0.324 e. The van der Waals surface area contributed by atoms with Gasteiger partial charge in [0.1, 0.15) is 11.5 Å². The fraction of sp³-hybridized carbons (Fsp3) is 0.409. The molecule has 2 aromatic rings. The number of rotatable bonds is 8. The van der Waals surface area contributed by atoms with E-state index in [1.807, 2.05) is 6.92 Å². The van der Waals surface area contributed by atoms with Gasteiger partial charge >= 0.3 is 0 Å². The second kappa shape index (κ2) is 10.6. The van der Waals surface area contributed by atoms with Gasteiger partial charge in [0.25, 0.3) is 5.91 Å². The number of anilines is 2. The van der Waals surface area contributed by atoms with Crippen LogP contribution in [0, 0.1) is 11.7 Å². The van der Waals surface area contributed by atoms with E-state index in [1.165, 1.54) is 22.6 Å². The van der Waals surface area contributed by atoms with Crippen molar-refractivity contribution in [2.45, 2.75) is 32.6 Å². The molecule has 2 amide bonds. The Labute approximate surface area is 187 Å². The van der Waals surface area contributed by atoms with Crippen LogP contribution in [-0.4, -0.2) is 48.4 Å². The molecular formula is C22H27FN4O4S. The molecule has 0 aliphatic carbocycles. The molecule has 32 heavy (non-hydrogen) atoms. The van der Waals surface area contributed by atoms with E-state index in [0.717, 1.165) is 12.5 Å². The standard InChI is InChI=1S/C22H27FN4O4S/c1-2-3-14-32(30,31)27-12-9-16(10-13-27)21(28)26-20-15-17(23)7-8-18(20)25-22(29)19-6-4-5-11-24-19/h4-8,11,15-16H,2-3,9-10,12-14H2,1H3,(H,25,29)(H,26,28). The fourth-order valence-corrected chi connectivity index (χ4v) is 5.18. The first kappa shape index (κ1) is 23.8. The number of pyridine rings is 1. The summed E-state index contributed by atoms with van der Waals surface area (Å²) in [5.74, 6) is -1.68. The number of nitrogens with one attached hydrogen (secondary N) is 2. The molecule has 1 aliphatic rings. The van der Waals surface area contributed by atoms with Crippen LogP contribution >= 0.6 is 0 Å². The summed E-state index contributed by atoms with van der Waals surface area (Å²) >= 11 is 0. The van der Waals surface area contributed by atoms with Crippen LogP contribution in [-0.2, 0) is 14.8 Å². The molecule has 0 spiro atoms. The Balaban J connectivity index is 1.64. The van der Waals surface area contributed by atoms with Crippen molar-refractivity contribution in [3.05, 3.63) is 54.1 Å². The van der Waals surface area contributed by atoms with Crippen LogP contribution in [0.3, 0.4) is 0 Å². The van der Waals surface area contributed by atoms with Crippen molar-refractivity contribution < 1.29 is 22.4 Å². The number of amides is 2. The summed E-state index contributed by atoms with van der Waals surface area (Å²) in [6.07, 6.45) is 3.64. The molecule has 10 heteroatoms. The lowest BCUT2D eigenvalue weighted by Gasteiger charge is -2.30. The van der Waals surface area contributed by atoms with Crippen LogP contribution in [0.25, 0.3) is 0 Å². The minimum absolute atomic E-state index is 0.114. The van der Waals surface area contributed by atoms with Crippen LogP contribution in [0.2, 0.25) is 0 Å². The van der Waals surface area contributed by atoms with Gasteiger partial charge in [-0.15, -0.1) is 0 Å². The maximum atomic E-state index is 13.8. The van der Waals surface area contributed by atoms with Gasteiger partial charge in [0.05, 0.1) is 17.1 Å². The molecule has 2 heterocycles. The normalized spacial score (nSPS) is 15.3. The molecule has 0 unspecified atom stereocenters. The molecular weight excluding hydrogens is 435 g/mol. The Kier molecular flexibility index (Phi) is 7.92. The van der Waals surface area contributed by atoms with E-state index in [-0.39, 0.29) is 41.8 Å². The van der Waals surface area contributed by atoms with Crippen molar-refractivity contribution in [1.82, 2.24) is 9.29 Å². The van der Waals surface area contributed by atoms with Crippen LogP contribution < -0.4 is 10.6 Å². The Hall–Kier alpha value is -2.85. The molecule has 1 fully saturated rings. The summed E-state index contributed by atoms with van der Waals surface area (Å²) in [7, 11) is -3.31. The van der Waals surface area contributed by atoms with E-state index < -0.39 is 27.7 Å². The van der Waals surface area contributed by atoms with E-state index >= 15 is 0 Å². The smallest absolute Gasteiger partial charge is 0.274 e. The zero-order valence-electron chi connectivity index (χ0n) is 17.9. The molecule has 0 radical (unpaired) electrons. The van der Waals surface area contributed by atoms with E-state index in [0.29, 0.717) is 19.3 Å². The summed E-state index contributed by atoms with van der Waals surface area (Å²) in [6, 6.07) is 8.58. The fourth-order valence-electron chi connectivity index (χ4n) is 3.50. The van der Waals surface area contributed by atoms with Crippen molar-refractivity contribution in [3.63, 3.8) is 0 Å². The number of sulfonamides is 1. The van der Waals surface area contributed by atoms with Crippen LogP contribution in [0.15, 0.2) is 42.6 Å². The molecule has 0 bridgehead atoms. The molecule has 8 nitrogen and oxygen atoms in total. The summed E-state index contributed by atoms with van der Waals surface area (Å²) in [5.41, 5.74) is 0.568. The van der Waals surface area contributed by atoms with Crippen LogP contribution in [0.5, 0.6) is 0 Å². The first-order chi connectivity index (χ1) is 15.3. The third-order valence-electron chi connectivity index (χ3n) is 5.36. The Bertz CT molecular complexity index is 1050. The third-order valence-corrected chi connectivity index (χ3v) is 7.32. The van der Waals surface area contributed by atoms with Gasteiger partial charge in [-0.25, -0.2) is 17.1 Å². The number of hydrogen-bond donors (Lipinski definition) is 2. The number of unbranched alkanes of at least 4 members (excludes halogenated alkanes) is 1. The SMILES string of the molecule is CCCCS(=O)(=O)N1CCC(C(=O)Nc2cc(F)ccc2NC(=O)c2ccccn2)CC1. The van der Waals surface area contributed by atoms with E-state index in [4.69, 9.17) is 0 Å². The third kappa shape index (κ3) is 6.10. The highest BCUT2D eigenvalue weighted by Crippen LogP contribution is 2.27. The van der Waals surface area contributed by atoms with Gasteiger partial charge in [-0.2, -0.15) is 0 Å². The van der Waals surface area contributed by atoms with Crippen molar-refractivity contribution in [2.24, 2.45) is 5.92 Å². The molecule has 0 saturated carbocycles. The van der Waals surface area contributed by atoms with E-state index in [2.05, 4.69) is 15.6 Å². The van der Waals surface area contributed by atoms with Gasteiger partial charge in [-0.05, 0) is 49.6 Å². The molecule has 172 valence electrons. The molecule has 1 saturated heterocycles. The highest BCUT2D eigenvalue weighted by Gasteiger charge is 2.31. The van der Waals surface area contributed by atoms with Crippen LogP contribution in [0.4, 0.5) is 15.8 Å². The number of carbonyl (C=O) groups excluding carboxylic acids is 2. The number of carbonyl (C=O) groups is 2.